The number of aliphatic hydroxyl groups excluding tert-OH is 2. The predicted octanol–water partition coefficient (Wildman–Crippen LogP) is 7.89. The Kier molecular flexibility index (Phi) is 26.2. The molecule has 4 heteroatoms. The number of nitrogens with one attached hydrogen (secondary N) is 1. The van der Waals surface area contributed by atoms with E-state index in [0.717, 1.165) is 70.6 Å². The molecule has 0 heterocycles. The topological polar surface area (TPSA) is 69.6 Å². The minimum absolute atomic E-state index is 0.0909. The van der Waals surface area contributed by atoms with Crippen molar-refractivity contribution in [1.82, 2.24) is 5.32 Å². The number of aliphatic hydroxyl groups is 2. The van der Waals surface area contributed by atoms with Gasteiger partial charge in [0.15, 0.2) is 0 Å². The van der Waals surface area contributed by atoms with E-state index in [1.165, 1.54) is 25.7 Å². The van der Waals surface area contributed by atoms with Crippen molar-refractivity contribution in [3.05, 3.63) is 60.8 Å². The van der Waals surface area contributed by atoms with Gasteiger partial charge in [-0.2, -0.15) is 0 Å². The number of amides is 1. The molecule has 0 aliphatic rings. The summed E-state index contributed by atoms with van der Waals surface area (Å²) in [5, 5.41) is 22.4. The monoisotopic (exact) mass is 501 g/mol. The minimum atomic E-state index is -0.842. The second kappa shape index (κ2) is 27.7. The summed E-state index contributed by atoms with van der Waals surface area (Å²) in [6, 6.07) is -0.627. The first-order valence-electron chi connectivity index (χ1n) is 14.5. The van der Waals surface area contributed by atoms with E-state index in [9.17, 15) is 15.0 Å². The molecule has 0 rings (SSSR count). The quantitative estimate of drug-likeness (QED) is 0.0930. The van der Waals surface area contributed by atoms with Crippen LogP contribution in [0.3, 0.4) is 0 Å². The van der Waals surface area contributed by atoms with Gasteiger partial charge in [-0.05, 0) is 57.8 Å². The first-order chi connectivity index (χ1) is 17.7. The fourth-order valence-electron chi connectivity index (χ4n) is 3.75. The van der Waals surface area contributed by atoms with Gasteiger partial charge in [0.2, 0.25) is 5.91 Å². The Morgan fingerprint density at radius 1 is 0.694 bits per heavy atom. The molecule has 0 spiro atoms. The van der Waals surface area contributed by atoms with Crippen LogP contribution in [0.5, 0.6) is 0 Å². The molecule has 1 amide bonds. The van der Waals surface area contributed by atoms with Gasteiger partial charge in [0, 0.05) is 6.42 Å². The Morgan fingerprint density at radius 2 is 1.22 bits per heavy atom. The summed E-state index contributed by atoms with van der Waals surface area (Å²) in [4.78, 5) is 12.1. The zero-order valence-electron chi connectivity index (χ0n) is 23.3. The largest absolute Gasteiger partial charge is 0.394 e. The molecule has 0 radical (unpaired) electrons. The van der Waals surface area contributed by atoms with Crippen LogP contribution in [-0.2, 0) is 4.79 Å². The van der Waals surface area contributed by atoms with E-state index >= 15 is 0 Å². The van der Waals surface area contributed by atoms with Gasteiger partial charge in [0.25, 0.3) is 0 Å². The number of carbonyl (C=O) groups excluding carboxylic acids is 1. The van der Waals surface area contributed by atoms with Crippen LogP contribution in [0, 0.1) is 0 Å². The summed E-state index contributed by atoms with van der Waals surface area (Å²) >= 11 is 0. The highest BCUT2D eigenvalue weighted by Gasteiger charge is 2.17. The van der Waals surface area contributed by atoms with Gasteiger partial charge in [-0.15, -0.1) is 0 Å². The second-order valence-corrected chi connectivity index (χ2v) is 9.43. The number of allylic oxidation sites excluding steroid dienone is 9. The molecule has 0 aliphatic heterocycles. The standard InChI is InChI=1S/C32H55NO3/c1-3-5-7-9-10-11-12-13-14-15-16-17-18-19-20-21-22-24-26-28-32(36)33-30(29-34)31(35)27-25-23-8-6-4-2/h5,7,10-11,13-14,16-17,25,27,30-31,34-35H,3-4,6,8-9,12,15,18-24,26,28-29H2,1-2H3,(H,33,36)/b7-5-,11-10-,14-13-,17-16-,27-25+. The van der Waals surface area contributed by atoms with Gasteiger partial charge >= 0.3 is 0 Å². The number of hydrogen-bond acceptors (Lipinski definition) is 3. The number of rotatable bonds is 24. The number of unbranched alkanes of at least 4 members (excludes halogenated alkanes) is 9. The highest BCUT2D eigenvalue weighted by Crippen LogP contribution is 2.10. The Morgan fingerprint density at radius 3 is 1.83 bits per heavy atom. The molecule has 0 saturated carbocycles. The Bertz CT molecular complexity index is 633. The summed E-state index contributed by atoms with van der Waals surface area (Å²) < 4.78 is 0. The molecular weight excluding hydrogens is 446 g/mol. The summed E-state index contributed by atoms with van der Waals surface area (Å²) in [5.74, 6) is -0.0909. The van der Waals surface area contributed by atoms with E-state index in [-0.39, 0.29) is 12.5 Å². The maximum absolute atomic E-state index is 12.1. The van der Waals surface area contributed by atoms with Gasteiger partial charge < -0.3 is 15.5 Å². The summed E-state index contributed by atoms with van der Waals surface area (Å²) in [6.45, 7) is 4.05. The molecular formula is C32H55NO3. The molecule has 0 saturated heterocycles. The predicted molar refractivity (Wildman–Crippen MR) is 156 cm³/mol. The zero-order valence-corrected chi connectivity index (χ0v) is 23.3. The average molecular weight is 502 g/mol. The molecule has 2 atom stereocenters. The third kappa shape index (κ3) is 23.8. The van der Waals surface area contributed by atoms with Gasteiger partial charge in [-0.3, -0.25) is 4.79 Å². The van der Waals surface area contributed by atoms with Gasteiger partial charge in [-0.25, -0.2) is 0 Å². The highest BCUT2D eigenvalue weighted by molar-refractivity contribution is 5.76. The summed E-state index contributed by atoms with van der Waals surface area (Å²) in [6.07, 6.45) is 37.4. The Balaban J connectivity index is 3.67. The van der Waals surface area contributed by atoms with E-state index in [4.69, 9.17) is 0 Å². The summed E-state index contributed by atoms with van der Waals surface area (Å²) in [7, 11) is 0. The molecule has 0 aromatic carbocycles. The highest BCUT2D eigenvalue weighted by atomic mass is 16.3. The number of hydrogen-bond donors (Lipinski definition) is 3. The van der Waals surface area contributed by atoms with Crippen molar-refractivity contribution in [3.8, 4) is 0 Å². The fourth-order valence-corrected chi connectivity index (χ4v) is 3.75. The third-order valence-electron chi connectivity index (χ3n) is 6.01. The molecule has 0 aromatic rings. The van der Waals surface area contributed by atoms with Crippen molar-refractivity contribution >= 4 is 5.91 Å². The SMILES string of the molecule is CC/C=C\C/C=C\C/C=C\C/C=C\CCCCCCCCC(=O)NC(CO)C(O)/C=C/CCCCC. The van der Waals surface area contributed by atoms with E-state index in [0.29, 0.717) is 6.42 Å². The average Bonchev–Trinajstić information content (AvgIpc) is 2.88. The van der Waals surface area contributed by atoms with Crippen LogP contribution in [0.2, 0.25) is 0 Å². The van der Waals surface area contributed by atoms with Crippen molar-refractivity contribution in [2.75, 3.05) is 6.61 Å². The maximum Gasteiger partial charge on any atom is 0.220 e. The van der Waals surface area contributed by atoms with Crippen molar-refractivity contribution in [2.24, 2.45) is 0 Å². The van der Waals surface area contributed by atoms with Crippen molar-refractivity contribution in [3.63, 3.8) is 0 Å². The normalized spacial score (nSPS) is 14.2. The first-order valence-corrected chi connectivity index (χ1v) is 14.5. The first kappa shape index (κ1) is 34.1. The smallest absolute Gasteiger partial charge is 0.220 e. The van der Waals surface area contributed by atoms with E-state index in [1.54, 1.807) is 6.08 Å². The van der Waals surface area contributed by atoms with Crippen LogP contribution in [0.4, 0.5) is 0 Å². The lowest BCUT2D eigenvalue weighted by Crippen LogP contribution is -2.45. The lowest BCUT2D eigenvalue weighted by Gasteiger charge is -2.20. The van der Waals surface area contributed by atoms with Crippen LogP contribution in [0.25, 0.3) is 0 Å². The fraction of sp³-hybridized carbons (Fsp3) is 0.656. The molecule has 3 N–H and O–H groups in total. The Hall–Kier alpha value is -1.91. The zero-order chi connectivity index (χ0) is 26.5. The molecule has 36 heavy (non-hydrogen) atoms. The molecule has 0 aromatic heterocycles. The van der Waals surface area contributed by atoms with Crippen LogP contribution in [0.15, 0.2) is 60.8 Å². The lowest BCUT2D eigenvalue weighted by atomic mass is 10.1. The van der Waals surface area contributed by atoms with E-state index < -0.39 is 12.1 Å². The summed E-state index contributed by atoms with van der Waals surface area (Å²) in [5.41, 5.74) is 0. The van der Waals surface area contributed by atoms with Gasteiger partial charge in [0.1, 0.15) is 0 Å². The third-order valence-corrected chi connectivity index (χ3v) is 6.01. The van der Waals surface area contributed by atoms with Gasteiger partial charge in [-0.1, -0.05) is 113 Å². The lowest BCUT2D eigenvalue weighted by molar-refractivity contribution is -0.123. The van der Waals surface area contributed by atoms with Crippen LogP contribution in [0.1, 0.15) is 117 Å². The number of carbonyl (C=O) groups is 1. The molecule has 4 nitrogen and oxygen atoms in total. The van der Waals surface area contributed by atoms with E-state index in [1.807, 2.05) is 6.08 Å². The van der Waals surface area contributed by atoms with Crippen LogP contribution in [-0.4, -0.2) is 34.9 Å². The Labute approximate surface area is 222 Å². The van der Waals surface area contributed by atoms with Gasteiger partial charge in [0.05, 0.1) is 18.8 Å². The van der Waals surface area contributed by atoms with Crippen LogP contribution >= 0.6 is 0 Å². The molecule has 206 valence electrons. The van der Waals surface area contributed by atoms with Crippen LogP contribution < -0.4 is 5.32 Å². The maximum atomic E-state index is 12.1. The second-order valence-electron chi connectivity index (χ2n) is 9.43. The molecule has 0 aliphatic carbocycles. The molecule has 0 fully saturated rings. The van der Waals surface area contributed by atoms with Crippen molar-refractivity contribution < 1.29 is 15.0 Å². The van der Waals surface area contributed by atoms with Crippen molar-refractivity contribution in [1.29, 1.82) is 0 Å². The minimum Gasteiger partial charge on any atom is -0.394 e. The molecule has 0 bridgehead atoms. The molecule has 2 unspecified atom stereocenters. The van der Waals surface area contributed by atoms with Crippen molar-refractivity contribution in [2.45, 2.75) is 129 Å². The van der Waals surface area contributed by atoms with E-state index in [2.05, 4.69) is 67.8 Å².